The van der Waals surface area contributed by atoms with E-state index in [1.165, 1.54) is 4.57 Å². The third-order valence-corrected chi connectivity index (χ3v) is 7.18. The molecule has 0 radical (unpaired) electrons. The molecule has 2 aliphatic heterocycles. The molecule has 2 aromatic heterocycles. The fourth-order valence-corrected chi connectivity index (χ4v) is 5.08. The number of imidazole rings is 1. The average Bonchev–Trinajstić information content (AvgIpc) is 3.38. The third-order valence-electron chi connectivity index (χ3n) is 7.18. The lowest BCUT2D eigenvalue weighted by Gasteiger charge is -2.28. The van der Waals surface area contributed by atoms with Crippen LogP contribution in [0.1, 0.15) is 25.1 Å². The lowest BCUT2D eigenvalue weighted by atomic mass is 9.97. The maximum atomic E-state index is 14.1. The molecule has 0 spiro atoms. The normalized spacial score (nSPS) is 16.6. The van der Waals surface area contributed by atoms with Gasteiger partial charge in [-0.2, -0.15) is 4.98 Å². The number of aromatic nitrogens is 4. The number of ether oxygens (including phenoxy) is 1. The van der Waals surface area contributed by atoms with Crippen molar-refractivity contribution in [2.75, 3.05) is 49.6 Å². The number of carbonyl (C=O) groups is 1. The van der Waals surface area contributed by atoms with Crippen LogP contribution in [0.5, 0.6) is 0 Å². The van der Waals surface area contributed by atoms with Crippen molar-refractivity contribution in [2.45, 2.75) is 19.3 Å². The summed E-state index contributed by atoms with van der Waals surface area (Å²) in [6, 6.07) is 16.2. The van der Waals surface area contributed by atoms with Crippen LogP contribution in [0.15, 0.2) is 54.6 Å². The van der Waals surface area contributed by atoms with Gasteiger partial charge in [0.25, 0.3) is 6.43 Å². The SMILES string of the molecule is O=C(Nc1ccc(-c2cc(N3CCOCC3)nc(-n3c(C(F)F)nc4ccccc43)n2)cc1)C1CCNCC1. The monoisotopic (exact) mass is 533 g/mol. The Morgan fingerprint density at radius 3 is 2.49 bits per heavy atom. The molecular weight excluding hydrogens is 504 g/mol. The molecule has 39 heavy (non-hydrogen) atoms. The number of halogens is 2. The fraction of sp³-hybridized carbons (Fsp3) is 0.357. The first kappa shape index (κ1) is 25.3. The van der Waals surface area contributed by atoms with Gasteiger partial charge < -0.3 is 20.3 Å². The lowest BCUT2D eigenvalue weighted by Crippen LogP contribution is -2.37. The molecule has 2 fully saturated rings. The van der Waals surface area contributed by atoms with E-state index in [-0.39, 0.29) is 17.8 Å². The first-order chi connectivity index (χ1) is 19.1. The minimum Gasteiger partial charge on any atom is -0.378 e. The first-order valence-corrected chi connectivity index (χ1v) is 13.2. The molecule has 0 aliphatic carbocycles. The van der Waals surface area contributed by atoms with Gasteiger partial charge in [0.2, 0.25) is 11.9 Å². The van der Waals surface area contributed by atoms with Gasteiger partial charge in [0, 0.05) is 36.3 Å². The van der Waals surface area contributed by atoms with Gasteiger partial charge in [-0.3, -0.25) is 9.36 Å². The molecule has 11 heteroatoms. The van der Waals surface area contributed by atoms with Gasteiger partial charge in [-0.1, -0.05) is 24.3 Å². The maximum Gasteiger partial charge on any atom is 0.296 e. The number of fused-ring (bicyclic) bond motifs is 1. The maximum absolute atomic E-state index is 14.1. The molecule has 1 amide bonds. The van der Waals surface area contributed by atoms with Crippen LogP contribution in [-0.4, -0.2) is 64.8 Å². The molecule has 0 saturated carbocycles. The van der Waals surface area contributed by atoms with E-state index in [2.05, 4.69) is 20.5 Å². The number of alkyl halides is 2. The second kappa shape index (κ2) is 11.0. The fourth-order valence-electron chi connectivity index (χ4n) is 5.08. The Labute approximate surface area is 224 Å². The largest absolute Gasteiger partial charge is 0.378 e. The quantitative estimate of drug-likeness (QED) is 0.384. The van der Waals surface area contributed by atoms with E-state index in [1.807, 2.05) is 30.3 Å². The summed E-state index contributed by atoms with van der Waals surface area (Å²) in [7, 11) is 0. The third kappa shape index (κ3) is 5.32. The molecule has 2 aliphatic rings. The van der Waals surface area contributed by atoms with Crippen LogP contribution in [0.25, 0.3) is 28.2 Å². The molecule has 4 heterocycles. The summed E-state index contributed by atoms with van der Waals surface area (Å²) >= 11 is 0. The van der Waals surface area contributed by atoms with Gasteiger partial charge >= 0.3 is 0 Å². The van der Waals surface area contributed by atoms with Crippen molar-refractivity contribution in [3.63, 3.8) is 0 Å². The second-order valence-corrected chi connectivity index (χ2v) is 9.70. The number of amides is 1. The molecule has 202 valence electrons. The van der Waals surface area contributed by atoms with Crippen LogP contribution in [0.4, 0.5) is 20.3 Å². The number of para-hydroxylation sites is 2. The summed E-state index contributed by atoms with van der Waals surface area (Å²) in [5.41, 5.74) is 3.01. The van der Waals surface area contributed by atoms with Crippen molar-refractivity contribution in [2.24, 2.45) is 5.92 Å². The highest BCUT2D eigenvalue weighted by Gasteiger charge is 2.24. The predicted octanol–water partition coefficient (Wildman–Crippen LogP) is 4.19. The van der Waals surface area contributed by atoms with Gasteiger partial charge in [-0.05, 0) is 50.2 Å². The smallest absolute Gasteiger partial charge is 0.296 e. The number of hydrogen-bond donors (Lipinski definition) is 2. The first-order valence-electron chi connectivity index (χ1n) is 13.2. The lowest BCUT2D eigenvalue weighted by molar-refractivity contribution is -0.120. The van der Waals surface area contributed by atoms with E-state index in [0.29, 0.717) is 54.5 Å². The highest BCUT2D eigenvalue weighted by Crippen LogP contribution is 2.30. The van der Waals surface area contributed by atoms with E-state index < -0.39 is 12.2 Å². The number of nitrogens with zero attached hydrogens (tertiary/aromatic N) is 5. The zero-order valence-corrected chi connectivity index (χ0v) is 21.3. The minimum atomic E-state index is -2.81. The Morgan fingerprint density at radius 2 is 1.74 bits per heavy atom. The summed E-state index contributed by atoms with van der Waals surface area (Å²) in [5, 5.41) is 6.28. The molecule has 4 aromatic rings. The van der Waals surface area contributed by atoms with Gasteiger partial charge in [0.05, 0.1) is 29.9 Å². The molecule has 2 N–H and O–H groups in total. The average molecular weight is 534 g/mol. The van der Waals surface area contributed by atoms with Crippen molar-refractivity contribution in [3.8, 4) is 17.2 Å². The molecule has 0 atom stereocenters. The topological polar surface area (TPSA) is 97.2 Å². The number of nitrogens with one attached hydrogen (secondary N) is 2. The molecule has 6 rings (SSSR count). The van der Waals surface area contributed by atoms with Crippen molar-refractivity contribution < 1.29 is 18.3 Å². The number of hydrogen-bond acceptors (Lipinski definition) is 7. The van der Waals surface area contributed by atoms with Gasteiger partial charge in [0.15, 0.2) is 5.82 Å². The number of benzene rings is 2. The Bertz CT molecular complexity index is 1460. The van der Waals surface area contributed by atoms with Gasteiger partial charge in [0.1, 0.15) is 5.82 Å². The van der Waals surface area contributed by atoms with E-state index in [4.69, 9.17) is 14.7 Å². The van der Waals surface area contributed by atoms with E-state index >= 15 is 0 Å². The molecule has 0 bridgehead atoms. The minimum absolute atomic E-state index is 0.000429. The summed E-state index contributed by atoms with van der Waals surface area (Å²) in [4.78, 5) is 28.3. The summed E-state index contributed by atoms with van der Waals surface area (Å²) in [6.07, 6.45) is -1.16. The standard InChI is InChI=1S/C28H29F2N7O2/c29-25(30)26-33-21-3-1-2-4-23(21)37(26)28-34-22(17-24(35-28)36-13-15-39-16-14-36)18-5-7-20(8-6-18)32-27(38)19-9-11-31-12-10-19/h1-8,17,19,25,31H,9-16H2,(H,32,38). The zero-order valence-electron chi connectivity index (χ0n) is 21.3. The molecule has 9 nitrogen and oxygen atoms in total. The number of carbonyl (C=O) groups excluding carboxylic acids is 1. The highest BCUT2D eigenvalue weighted by molar-refractivity contribution is 5.92. The second-order valence-electron chi connectivity index (χ2n) is 9.70. The van der Waals surface area contributed by atoms with Crippen molar-refractivity contribution in [3.05, 3.63) is 60.4 Å². The van der Waals surface area contributed by atoms with Gasteiger partial charge in [-0.15, -0.1) is 0 Å². The van der Waals surface area contributed by atoms with E-state index in [9.17, 15) is 13.6 Å². The van der Waals surface area contributed by atoms with Crippen LogP contribution in [0.2, 0.25) is 0 Å². The number of anilines is 2. The van der Waals surface area contributed by atoms with E-state index in [0.717, 1.165) is 31.5 Å². The Balaban J connectivity index is 1.38. The van der Waals surface area contributed by atoms with E-state index in [1.54, 1.807) is 24.3 Å². The zero-order chi connectivity index (χ0) is 26.8. The van der Waals surface area contributed by atoms with Gasteiger partial charge in [-0.25, -0.2) is 18.7 Å². The van der Waals surface area contributed by atoms with Crippen molar-refractivity contribution in [1.82, 2.24) is 24.8 Å². The molecular formula is C28H29F2N7O2. The van der Waals surface area contributed by atoms with Crippen molar-refractivity contribution in [1.29, 1.82) is 0 Å². The summed E-state index contributed by atoms with van der Waals surface area (Å²) in [6.45, 7) is 4.05. The van der Waals surface area contributed by atoms with Crippen LogP contribution in [0, 0.1) is 5.92 Å². The Kier molecular flexibility index (Phi) is 7.16. The molecule has 0 unspecified atom stereocenters. The van der Waals surface area contributed by atoms with Crippen LogP contribution >= 0.6 is 0 Å². The van der Waals surface area contributed by atoms with Crippen LogP contribution < -0.4 is 15.5 Å². The highest BCUT2D eigenvalue weighted by atomic mass is 19.3. The molecule has 2 saturated heterocycles. The predicted molar refractivity (Wildman–Crippen MR) is 144 cm³/mol. The summed E-state index contributed by atoms with van der Waals surface area (Å²) in [5.74, 6) is 0.369. The summed E-state index contributed by atoms with van der Waals surface area (Å²) < 4.78 is 35.1. The Hall–Kier alpha value is -3.96. The molecule has 2 aromatic carbocycles. The van der Waals surface area contributed by atoms with Crippen LogP contribution in [0.3, 0.4) is 0 Å². The number of morpholine rings is 1. The Morgan fingerprint density at radius 1 is 1.00 bits per heavy atom. The number of piperidine rings is 1. The van der Waals surface area contributed by atoms with Crippen molar-refractivity contribution >= 4 is 28.4 Å². The number of rotatable bonds is 6. The van der Waals surface area contributed by atoms with Crippen LogP contribution in [-0.2, 0) is 9.53 Å².